The number of hydrogen-bond acceptors (Lipinski definition) is 5. The van der Waals surface area contributed by atoms with Gasteiger partial charge < -0.3 is 19.9 Å². The Balaban J connectivity index is 0.00000576. The van der Waals surface area contributed by atoms with Gasteiger partial charge in [-0.2, -0.15) is 0 Å². The molecule has 8 heteroatoms. The molecule has 1 rings (SSSR count). The fourth-order valence-corrected chi connectivity index (χ4v) is 2.24. The van der Waals surface area contributed by atoms with Crippen molar-refractivity contribution >= 4 is 35.9 Å². The Kier molecular flexibility index (Phi) is 10.7. The van der Waals surface area contributed by atoms with Gasteiger partial charge in [0.15, 0.2) is 11.7 Å². The highest BCUT2D eigenvalue weighted by atomic mass is 127. The van der Waals surface area contributed by atoms with E-state index < -0.39 is 5.60 Å². The number of hydrogen-bond donors (Lipinski definition) is 2. The van der Waals surface area contributed by atoms with Gasteiger partial charge in [-0.3, -0.25) is 9.79 Å². The number of aliphatic imine (C=N–C) groups is 1. The Bertz CT molecular complexity index is 548. The number of esters is 1. The molecule has 144 valence electrons. The van der Waals surface area contributed by atoms with Crippen molar-refractivity contribution in [3.63, 3.8) is 0 Å². The van der Waals surface area contributed by atoms with Crippen molar-refractivity contribution < 1.29 is 14.1 Å². The molecule has 1 aromatic rings. The maximum absolute atomic E-state index is 11.7. The first-order valence-electron chi connectivity index (χ1n) is 8.40. The first-order valence-corrected chi connectivity index (χ1v) is 8.40. The van der Waals surface area contributed by atoms with E-state index in [1.165, 1.54) is 0 Å². The Labute approximate surface area is 167 Å². The van der Waals surface area contributed by atoms with Crippen LogP contribution in [0.5, 0.6) is 0 Å². The summed E-state index contributed by atoms with van der Waals surface area (Å²) in [5.74, 6) is 1.33. The first kappa shape index (κ1) is 23.7. The van der Waals surface area contributed by atoms with Crippen molar-refractivity contribution in [1.82, 2.24) is 15.8 Å². The molecule has 7 nitrogen and oxygen atoms in total. The van der Waals surface area contributed by atoms with Crippen LogP contribution in [-0.4, -0.2) is 36.3 Å². The lowest BCUT2D eigenvalue weighted by Crippen LogP contribution is -2.41. The van der Waals surface area contributed by atoms with Crippen molar-refractivity contribution in [2.45, 2.75) is 65.5 Å². The monoisotopic (exact) mass is 466 g/mol. The molecule has 0 unspecified atom stereocenters. The third-order valence-corrected chi connectivity index (χ3v) is 3.45. The molecule has 25 heavy (non-hydrogen) atoms. The summed E-state index contributed by atoms with van der Waals surface area (Å²) in [4.78, 5) is 15.8. The third-order valence-electron chi connectivity index (χ3n) is 3.45. The van der Waals surface area contributed by atoms with Gasteiger partial charge in [0.1, 0.15) is 12.1 Å². The van der Waals surface area contributed by atoms with E-state index in [1.54, 1.807) is 7.05 Å². The molecule has 0 spiro atoms. The van der Waals surface area contributed by atoms with Crippen molar-refractivity contribution in [3.05, 3.63) is 17.5 Å². The number of nitrogens with one attached hydrogen (secondary N) is 2. The van der Waals surface area contributed by atoms with E-state index in [0.717, 1.165) is 24.3 Å². The lowest BCUT2D eigenvalue weighted by Gasteiger charge is -2.20. The summed E-state index contributed by atoms with van der Waals surface area (Å²) in [5, 5.41) is 10.1. The quantitative estimate of drug-likeness (QED) is 0.278. The number of rotatable bonds is 7. The number of guanidine groups is 1. The zero-order chi connectivity index (χ0) is 18.2. The lowest BCUT2D eigenvalue weighted by atomic mass is 9.99. The van der Waals surface area contributed by atoms with Crippen molar-refractivity contribution in [1.29, 1.82) is 0 Å². The van der Waals surface area contributed by atoms with Crippen LogP contribution < -0.4 is 10.6 Å². The Morgan fingerprint density at radius 3 is 2.48 bits per heavy atom. The van der Waals surface area contributed by atoms with Gasteiger partial charge in [0.2, 0.25) is 0 Å². The van der Waals surface area contributed by atoms with Crippen LogP contribution in [0.3, 0.4) is 0 Å². The number of carbonyl (C=O) groups excluding carboxylic acids is 1. The maximum Gasteiger partial charge on any atom is 0.325 e. The smallest absolute Gasteiger partial charge is 0.325 e. The molecule has 0 radical (unpaired) electrons. The minimum Gasteiger partial charge on any atom is -0.459 e. The van der Waals surface area contributed by atoms with Gasteiger partial charge in [-0.25, -0.2) is 0 Å². The summed E-state index contributed by atoms with van der Waals surface area (Å²) in [6.07, 6.45) is 2.07. The van der Waals surface area contributed by atoms with Gasteiger partial charge >= 0.3 is 5.97 Å². The van der Waals surface area contributed by atoms with Crippen LogP contribution in [0.1, 0.15) is 64.8 Å². The number of halogens is 1. The normalized spacial score (nSPS) is 11.9. The molecule has 0 amide bonds. The molecule has 1 heterocycles. The molecule has 0 aliphatic rings. The van der Waals surface area contributed by atoms with E-state index >= 15 is 0 Å². The Morgan fingerprint density at radius 1 is 1.32 bits per heavy atom. The minimum atomic E-state index is -0.499. The molecule has 0 atom stereocenters. The highest BCUT2D eigenvalue weighted by Gasteiger charge is 2.16. The molecule has 0 bridgehead atoms. The molecular formula is C17H31IN4O3. The second-order valence-corrected chi connectivity index (χ2v) is 6.60. The van der Waals surface area contributed by atoms with E-state index in [0.29, 0.717) is 18.4 Å². The summed E-state index contributed by atoms with van der Waals surface area (Å²) >= 11 is 0. The number of aromatic nitrogens is 1. The number of ether oxygens (including phenoxy) is 1. The second kappa shape index (κ2) is 11.3. The van der Waals surface area contributed by atoms with Gasteiger partial charge in [0.05, 0.1) is 12.2 Å². The minimum absolute atomic E-state index is 0. The lowest BCUT2D eigenvalue weighted by molar-refractivity contribution is -0.153. The highest BCUT2D eigenvalue weighted by molar-refractivity contribution is 14.0. The van der Waals surface area contributed by atoms with Gasteiger partial charge in [0.25, 0.3) is 0 Å². The van der Waals surface area contributed by atoms with Crippen LogP contribution >= 0.6 is 24.0 Å². The first-order chi connectivity index (χ1) is 11.3. The van der Waals surface area contributed by atoms with Crippen LogP contribution in [0.4, 0.5) is 0 Å². The van der Waals surface area contributed by atoms with Crippen LogP contribution in [-0.2, 0) is 16.1 Å². The molecule has 0 aliphatic heterocycles. The van der Waals surface area contributed by atoms with E-state index in [-0.39, 0.29) is 36.5 Å². The van der Waals surface area contributed by atoms with E-state index in [4.69, 9.17) is 9.26 Å². The average molecular weight is 466 g/mol. The summed E-state index contributed by atoms with van der Waals surface area (Å²) in [7, 11) is 1.64. The summed E-state index contributed by atoms with van der Waals surface area (Å²) in [6.45, 7) is 10.3. The Hall–Kier alpha value is -1.32. The standard InChI is InChI=1S/C17H30N4O3.HI/c1-7-12(8-2)14-9-13(24-21-14)10-19-16(18-6)20-11-15(22)23-17(3,4)5;/h9,12H,7-8,10-11H2,1-6H3,(H2,18,19,20);1H. The van der Waals surface area contributed by atoms with Gasteiger partial charge in [-0.15, -0.1) is 24.0 Å². The van der Waals surface area contributed by atoms with Crippen molar-refractivity contribution in [2.24, 2.45) is 4.99 Å². The summed E-state index contributed by atoms with van der Waals surface area (Å²) in [6, 6.07) is 1.96. The molecular weight excluding hydrogens is 435 g/mol. The van der Waals surface area contributed by atoms with Gasteiger partial charge in [0, 0.05) is 19.0 Å². The SMILES string of the molecule is CCC(CC)c1cc(CNC(=NC)NCC(=O)OC(C)(C)C)on1.I. The molecule has 0 saturated heterocycles. The van der Waals surface area contributed by atoms with E-state index in [2.05, 4.69) is 34.6 Å². The molecule has 0 aliphatic carbocycles. The fourth-order valence-electron chi connectivity index (χ4n) is 2.24. The number of nitrogens with zero attached hydrogens (tertiary/aromatic N) is 2. The maximum atomic E-state index is 11.7. The van der Waals surface area contributed by atoms with Crippen LogP contribution in [0.2, 0.25) is 0 Å². The van der Waals surface area contributed by atoms with Gasteiger partial charge in [-0.05, 0) is 33.6 Å². The van der Waals surface area contributed by atoms with Crippen LogP contribution in [0.25, 0.3) is 0 Å². The molecule has 0 aromatic carbocycles. The van der Waals surface area contributed by atoms with E-state index in [9.17, 15) is 4.79 Å². The van der Waals surface area contributed by atoms with Crippen LogP contribution in [0.15, 0.2) is 15.6 Å². The van der Waals surface area contributed by atoms with E-state index in [1.807, 2.05) is 26.8 Å². The predicted octanol–water partition coefficient (Wildman–Crippen LogP) is 3.20. The van der Waals surface area contributed by atoms with Crippen molar-refractivity contribution in [2.75, 3.05) is 13.6 Å². The topological polar surface area (TPSA) is 88.8 Å². The van der Waals surface area contributed by atoms with Crippen molar-refractivity contribution in [3.8, 4) is 0 Å². The molecule has 1 aromatic heterocycles. The second-order valence-electron chi connectivity index (χ2n) is 6.60. The zero-order valence-electron chi connectivity index (χ0n) is 16.0. The molecule has 0 fully saturated rings. The number of carbonyl (C=O) groups is 1. The van der Waals surface area contributed by atoms with Crippen LogP contribution in [0, 0.1) is 0 Å². The van der Waals surface area contributed by atoms with Gasteiger partial charge in [-0.1, -0.05) is 19.0 Å². The highest BCUT2D eigenvalue weighted by Crippen LogP contribution is 2.22. The predicted molar refractivity (Wildman–Crippen MR) is 109 cm³/mol. The molecule has 2 N–H and O–H groups in total. The fraction of sp³-hybridized carbons (Fsp3) is 0.706. The third kappa shape index (κ3) is 9.08. The summed E-state index contributed by atoms with van der Waals surface area (Å²) < 4.78 is 10.6. The Morgan fingerprint density at radius 2 is 1.96 bits per heavy atom. The average Bonchev–Trinajstić information content (AvgIpc) is 2.95. The molecule has 0 saturated carbocycles. The zero-order valence-corrected chi connectivity index (χ0v) is 18.3. The summed E-state index contributed by atoms with van der Waals surface area (Å²) in [5.41, 5.74) is 0.481. The largest absolute Gasteiger partial charge is 0.459 e.